The van der Waals surface area contributed by atoms with Crippen LogP contribution >= 0.6 is 0 Å². The van der Waals surface area contributed by atoms with Gasteiger partial charge < -0.3 is 15.4 Å². The van der Waals surface area contributed by atoms with Gasteiger partial charge in [0.2, 0.25) is 5.91 Å². The van der Waals surface area contributed by atoms with E-state index in [1.54, 1.807) is 0 Å². The van der Waals surface area contributed by atoms with Crippen molar-refractivity contribution in [3.05, 3.63) is 0 Å². The zero-order chi connectivity index (χ0) is 13.8. The van der Waals surface area contributed by atoms with E-state index in [1.807, 2.05) is 27.7 Å². The molecule has 2 atom stereocenters. The van der Waals surface area contributed by atoms with E-state index in [1.165, 1.54) is 0 Å². The molecule has 18 heavy (non-hydrogen) atoms. The number of nitrogens with one attached hydrogen (secondary N) is 2. The summed E-state index contributed by atoms with van der Waals surface area (Å²) in [6.07, 6.45) is 1.99. The zero-order valence-corrected chi connectivity index (χ0v) is 11.7. The Bertz CT molecular complexity index is 310. The molecule has 0 spiro atoms. The van der Waals surface area contributed by atoms with Crippen LogP contribution in [0.25, 0.3) is 0 Å². The average Bonchev–Trinajstić information content (AvgIpc) is 2.34. The minimum Gasteiger partial charge on any atom is -0.444 e. The number of carbonyl (C=O) groups excluding carboxylic acids is 2. The molecule has 1 fully saturated rings. The van der Waals surface area contributed by atoms with Gasteiger partial charge in [-0.05, 0) is 46.5 Å². The van der Waals surface area contributed by atoms with Crippen molar-refractivity contribution in [3.8, 4) is 0 Å². The Labute approximate surface area is 109 Å². The van der Waals surface area contributed by atoms with Gasteiger partial charge in [-0.1, -0.05) is 0 Å². The molecule has 5 heteroatoms. The molecule has 104 valence electrons. The highest BCUT2D eigenvalue weighted by Gasteiger charge is 2.24. The largest absolute Gasteiger partial charge is 0.444 e. The molecule has 1 aliphatic rings. The molecule has 1 unspecified atom stereocenters. The summed E-state index contributed by atoms with van der Waals surface area (Å²) in [4.78, 5) is 22.9. The van der Waals surface area contributed by atoms with Crippen molar-refractivity contribution in [1.29, 1.82) is 0 Å². The van der Waals surface area contributed by atoms with Gasteiger partial charge in [-0.25, -0.2) is 4.79 Å². The molecular weight excluding hydrogens is 232 g/mol. The summed E-state index contributed by atoms with van der Waals surface area (Å²) in [7, 11) is 0. The van der Waals surface area contributed by atoms with Gasteiger partial charge in [0.1, 0.15) is 5.60 Å². The SMILES string of the molecule is CC1NC(=O)CCC[C@@H]1CNC(=O)OC(C)(C)C. The van der Waals surface area contributed by atoms with Crippen molar-refractivity contribution in [1.82, 2.24) is 10.6 Å². The smallest absolute Gasteiger partial charge is 0.407 e. The van der Waals surface area contributed by atoms with Gasteiger partial charge in [-0.15, -0.1) is 0 Å². The lowest BCUT2D eigenvalue weighted by Crippen LogP contribution is -2.42. The van der Waals surface area contributed by atoms with Crippen molar-refractivity contribution in [2.45, 2.75) is 58.6 Å². The Kier molecular flexibility index (Phi) is 4.99. The van der Waals surface area contributed by atoms with Crippen molar-refractivity contribution in [2.75, 3.05) is 6.54 Å². The standard InChI is InChI=1S/C13H24N2O3/c1-9-10(6-5-7-11(16)15-9)8-14-12(17)18-13(2,3)4/h9-10H,5-8H2,1-4H3,(H,14,17)(H,15,16)/t9?,10-/m1/s1. The van der Waals surface area contributed by atoms with E-state index in [0.29, 0.717) is 13.0 Å². The maximum absolute atomic E-state index is 11.5. The second kappa shape index (κ2) is 6.07. The molecule has 1 heterocycles. The van der Waals surface area contributed by atoms with Gasteiger partial charge >= 0.3 is 6.09 Å². The number of amides is 2. The first-order chi connectivity index (χ1) is 8.28. The molecule has 5 nitrogen and oxygen atoms in total. The van der Waals surface area contributed by atoms with Crippen LogP contribution in [0.3, 0.4) is 0 Å². The van der Waals surface area contributed by atoms with Gasteiger partial charge in [0.25, 0.3) is 0 Å². The van der Waals surface area contributed by atoms with Crippen LogP contribution in [0.1, 0.15) is 47.0 Å². The van der Waals surface area contributed by atoms with E-state index in [2.05, 4.69) is 10.6 Å². The van der Waals surface area contributed by atoms with E-state index in [0.717, 1.165) is 12.8 Å². The number of rotatable bonds is 2. The Morgan fingerprint density at radius 1 is 1.50 bits per heavy atom. The highest BCUT2D eigenvalue weighted by molar-refractivity contribution is 5.76. The quantitative estimate of drug-likeness (QED) is 0.792. The predicted molar refractivity (Wildman–Crippen MR) is 69.2 cm³/mol. The normalized spacial score (nSPS) is 25.0. The summed E-state index contributed by atoms with van der Waals surface area (Å²) in [6, 6.07) is 0.0925. The monoisotopic (exact) mass is 256 g/mol. The van der Waals surface area contributed by atoms with Crippen LogP contribution in [-0.4, -0.2) is 30.2 Å². The summed E-state index contributed by atoms with van der Waals surface area (Å²) >= 11 is 0. The first-order valence-electron chi connectivity index (χ1n) is 6.54. The predicted octanol–water partition coefficient (Wildman–Crippen LogP) is 1.82. The van der Waals surface area contributed by atoms with E-state index in [9.17, 15) is 9.59 Å². The third-order valence-corrected chi connectivity index (χ3v) is 2.98. The number of ether oxygens (including phenoxy) is 1. The van der Waals surface area contributed by atoms with Gasteiger partial charge in [0.15, 0.2) is 0 Å². The second-order valence-corrected chi connectivity index (χ2v) is 5.89. The molecule has 2 amide bonds. The molecule has 2 N–H and O–H groups in total. The molecule has 0 aliphatic carbocycles. The summed E-state index contributed by atoms with van der Waals surface area (Å²) in [5, 5.41) is 5.70. The molecule has 0 bridgehead atoms. The van der Waals surface area contributed by atoms with Crippen molar-refractivity contribution >= 4 is 12.0 Å². The maximum Gasteiger partial charge on any atom is 0.407 e. The fraction of sp³-hybridized carbons (Fsp3) is 0.846. The van der Waals surface area contributed by atoms with Crippen LogP contribution in [0.15, 0.2) is 0 Å². The third-order valence-electron chi connectivity index (χ3n) is 2.98. The molecule has 1 rings (SSSR count). The van der Waals surface area contributed by atoms with Gasteiger partial charge in [-0.3, -0.25) is 4.79 Å². The molecule has 0 saturated carbocycles. The third kappa shape index (κ3) is 5.38. The topological polar surface area (TPSA) is 67.4 Å². The molecule has 0 radical (unpaired) electrons. The summed E-state index contributed by atoms with van der Waals surface area (Å²) < 4.78 is 5.18. The highest BCUT2D eigenvalue weighted by atomic mass is 16.6. The Hall–Kier alpha value is -1.26. The average molecular weight is 256 g/mol. The van der Waals surface area contributed by atoms with Crippen LogP contribution in [0.2, 0.25) is 0 Å². The molecule has 0 aromatic rings. The first kappa shape index (κ1) is 14.8. The summed E-state index contributed by atoms with van der Waals surface area (Å²) in [5.74, 6) is 0.367. The van der Waals surface area contributed by atoms with E-state index in [-0.39, 0.29) is 17.9 Å². The van der Waals surface area contributed by atoms with Crippen LogP contribution in [0.5, 0.6) is 0 Å². The van der Waals surface area contributed by atoms with Gasteiger partial charge in [-0.2, -0.15) is 0 Å². The number of alkyl carbamates (subject to hydrolysis) is 1. The molecule has 1 saturated heterocycles. The van der Waals surface area contributed by atoms with Crippen molar-refractivity contribution in [3.63, 3.8) is 0 Å². The van der Waals surface area contributed by atoms with Crippen LogP contribution in [0, 0.1) is 5.92 Å². The second-order valence-electron chi connectivity index (χ2n) is 5.89. The lowest BCUT2D eigenvalue weighted by Gasteiger charge is -2.24. The minimum atomic E-state index is -0.479. The van der Waals surface area contributed by atoms with Crippen LogP contribution in [-0.2, 0) is 9.53 Å². The Morgan fingerprint density at radius 2 is 2.17 bits per heavy atom. The number of hydrogen-bond acceptors (Lipinski definition) is 3. The Morgan fingerprint density at radius 3 is 2.78 bits per heavy atom. The molecule has 0 aromatic heterocycles. The van der Waals surface area contributed by atoms with Gasteiger partial charge in [0.05, 0.1) is 0 Å². The molecule has 0 aromatic carbocycles. The van der Waals surface area contributed by atoms with E-state index >= 15 is 0 Å². The van der Waals surface area contributed by atoms with Gasteiger partial charge in [0, 0.05) is 19.0 Å². The lowest BCUT2D eigenvalue weighted by atomic mass is 9.97. The van der Waals surface area contributed by atoms with Crippen LogP contribution in [0.4, 0.5) is 4.79 Å². The highest BCUT2D eigenvalue weighted by Crippen LogP contribution is 2.16. The molecular formula is C13H24N2O3. The maximum atomic E-state index is 11.5. The van der Waals surface area contributed by atoms with E-state index in [4.69, 9.17) is 4.74 Å². The minimum absolute atomic E-state index is 0.0925. The Balaban J connectivity index is 2.38. The fourth-order valence-corrected chi connectivity index (χ4v) is 2.03. The summed E-state index contributed by atoms with van der Waals surface area (Å²) in [6.45, 7) is 8.02. The lowest BCUT2D eigenvalue weighted by molar-refractivity contribution is -0.121. The van der Waals surface area contributed by atoms with Crippen molar-refractivity contribution < 1.29 is 14.3 Å². The number of carbonyl (C=O) groups is 2. The first-order valence-corrected chi connectivity index (χ1v) is 6.54. The number of hydrogen-bond donors (Lipinski definition) is 2. The summed E-state index contributed by atoms with van der Waals surface area (Å²) in [5.41, 5.74) is -0.479. The molecule has 1 aliphatic heterocycles. The van der Waals surface area contributed by atoms with Crippen molar-refractivity contribution in [2.24, 2.45) is 5.92 Å². The van der Waals surface area contributed by atoms with E-state index < -0.39 is 11.7 Å². The van der Waals surface area contributed by atoms with Crippen LogP contribution < -0.4 is 10.6 Å². The fourth-order valence-electron chi connectivity index (χ4n) is 2.03. The zero-order valence-electron chi connectivity index (χ0n) is 11.7.